The zero-order chi connectivity index (χ0) is 24.6. The number of hydrogen-bond donors (Lipinski definition) is 1. The van der Waals surface area contributed by atoms with Gasteiger partial charge < -0.3 is 14.8 Å². The highest BCUT2D eigenvalue weighted by atomic mass is 32.2. The molecule has 0 bridgehead atoms. The van der Waals surface area contributed by atoms with Crippen molar-refractivity contribution >= 4 is 23.4 Å². The van der Waals surface area contributed by atoms with Gasteiger partial charge in [-0.2, -0.15) is 5.26 Å². The number of ether oxygens (including phenoxy) is 2. The molecule has 1 atom stereocenters. The molecule has 0 fully saturated rings. The molecule has 0 saturated heterocycles. The largest absolute Gasteiger partial charge is 0.493 e. The Morgan fingerprint density at radius 2 is 1.71 bits per heavy atom. The van der Waals surface area contributed by atoms with Gasteiger partial charge in [-0.3, -0.25) is 9.36 Å². The van der Waals surface area contributed by atoms with Crippen molar-refractivity contribution in [1.29, 1.82) is 5.26 Å². The fourth-order valence-electron chi connectivity index (χ4n) is 3.37. The zero-order valence-electron chi connectivity index (χ0n) is 19.2. The first-order valence-corrected chi connectivity index (χ1v) is 11.8. The number of nitrogens with one attached hydrogen (secondary N) is 1. The van der Waals surface area contributed by atoms with Crippen LogP contribution >= 0.6 is 11.8 Å². The summed E-state index contributed by atoms with van der Waals surface area (Å²) in [5.41, 5.74) is 2.02. The number of methoxy groups -OCH3 is 1. The van der Waals surface area contributed by atoms with Crippen molar-refractivity contribution in [3.63, 3.8) is 0 Å². The second-order valence-corrected chi connectivity index (χ2v) is 8.39. The SMILES string of the molecule is COc1ccccc1OC(C)c1nnc(SCC(=O)Nc2ccc(C#N)cc2)n1-c1ccccc1. The van der Waals surface area contributed by atoms with Gasteiger partial charge in [0.05, 0.1) is 24.5 Å². The summed E-state index contributed by atoms with van der Waals surface area (Å²) in [5, 5.41) is 21.1. The maximum atomic E-state index is 12.5. The van der Waals surface area contributed by atoms with Crippen molar-refractivity contribution in [3.8, 4) is 23.3 Å². The van der Waals surface area contributed by atoms with Gasteiger partial charge in [0.2, 0.25) is 5.91 Å². The van der Waals surface area contributed by atoms with Crippen LogP contribution in [-0.2, 0) is 4.79 Å². The van der Waals surface area contributed by atoms with Crippen LogP contribution in [0, 0.1) is 11.3 Å². The number of rotatable bonds is 9. The highest BCUT2D eigenvalue weighted by Gasteiger charge is 2.22. The van der Waals surface area contributed by atoms with E-state index in [9.17, 15) is 4.79 Å². The second-order valence-electron chi connectivity index (χ2n) is 7.45. The number of carbonyl (C=O) groups is 1. The van der Waals surface area contributed by atoms with Gasteiger partial charge in [-0.25, -0.2) is 0 Å². The first kappa shape index (κ1) is 23.9. The second kappa shape index (κ2) is 11.2. The number of anilines is 1. The monoisotopic (exact) mass is 485 g/mol. The van der Waals surface area contributed by atoms with E-state index in [4.69, 9.17) is 14.7 Å². The molecule has 1 unspecified atom stereocenters. The van der Waals surface area contributed by atoms with Crippen LogP contribution in [0.25, 0.3) is 5.69 Å². The Balaban J connectivity index is 1.53. The van der Waals surface area contributed by atoms with Crippen molar-refractivity contribution in [3.05, 3.63) is 90.3 Å². The van der Waals surface area contributed by atoms with E-state index in [1.807, 2.05) is 66.1 Å². The number of nitriles is 1. The molecule has 176 valence electrons. The summed E-state index contributed by atoms with van der Waals surface area (Å²) in [5.74, 6) is 1.76. The van der Waals surface area contributed by atoms with Gasteiger partial charge >= 0.3 is 0 Å². The van der Waals surface area contributed by atoms with Crippen LogP contribution in [-0.4, -0.2) is 33.5 Å². The molecule has 4 rings (SSSR count). The van der Waals surface area contributed by atoms with Crippen LogP contribution < -0.4 is 14.8 Å². The maximum Gasteiger partial charge on any atom is 0.234 e. The number of benzene rings is 3. The first-order valence-electron chi connectivity index (χ1n) is 10.8. The number of aromatic nitrogens is 3. The van der Waals surface area contributed by atoms with Crippen LogP contribution in [0.1, 0.15) is 24.4 Å². The fraction of sp³-hybridized carbons (Fsp3) is 0.154. The molecule has 1 aromatic heterocycles. The highest BCUT2D eigenvalue weighted by Crippen LogP contribution is 2.32. The molecule has 0 aliphatic heterocycles. The third kappa shape index (κ3) is 5.80. The summed E-state index contributed by atoms with van der Waals surface area (Å²) in [4.78, 5) is 12.5. The summed E-state index contributed by atoms with van der Waals surface area (Å²) < 4.78 is 13.4. The van der Waals surface area contributed by atoms with Gasteiger partial charge in [0.25, 0.3) is 0 Å². The number of carbonyl (C=O) groups excluding carboxylic acids is 1. The fourth-order valence-corrected chi connectivity index (χ4v) is 4.13. The molecule has 1 amide bonds. The number of para-hydroxylation sites is 3. The van der Waals surface area contributed by atoms with Crippen molar-refractivity contribution < 1.29 is 14.3 Å². The molecule has 0 radical (unpaired) electrons. The standard InChI is InChI=1S/C26H23N5O3S/c1-18(34-23-11-7-6-10-22(23)33-2)25-29-30-26(31(25)21-8-4-3-5-9-21)35-17-24(32)28-20-14-12-19(16-27)13-15-20/h3-15,18H,17H2,1-2H3,(H,28,32). The van der Waals surface area contributed by atoms with Gasteiger partial charge in [-0.05, 0) is 55.5 Å². The molecule has 0 aliphatic rings. The van der Waals surface area contributed by atoms with Crippen LogP contribution in [0.3, 0.4) is 0 Å². The average Bonchev–Trinajstić information content (AvgIpc) is 3.33. The molecular formula is C26H23N5O3S. The Morgan fingerprint density at radius 3 is 2.40 bits per heavy atom. The van der Waals surface area contributed by atoms with E-state index >= 15 is 0 Å². The first-order chi connectivity index (χ1) is 17.1. The van der Waals surface area contributed by atoms with Gasteiger partial charge in [0, 0.05) is 11.4 Å². The molecule has 1 N–H and O–H groups in total. The lowest BCUT2D eigenvalue weighted by Crippen LogP contribution is -2.15. The van der Waals surface area contributed by atoms with E-state index in [0.29, 0.717) is 33.7 Å². The number of amides is 1. The molecule has 9 heteroatoms. The summed E-state index contributed by atoms with van der Waals surface area (Å²) in [6, 6.07) is 25.9. The number of nitrogens with zero attached hydrogens (tertiary/aromatic N) is 4. The molecule has 8 nitrogen and oxygen atoms in total. The quantitative estimate of drug-likeness (QED) is 0.332. The average molecular weight is 486 g/mol. The van der Waals surface area contributed by atoms with Gasteiger partial charge in [0.15, 0.2) is 28.6 Å². The normalized spacial score (nSPS) is 11.3. The lowest BCUT2D eigenvalue weighted by Gasteiger charge is -2.18. The molecule has 0 aliphatic carbocycles. The molecule has 1 heterocycles. The Morgan fingerprint density at radius 1 is 1.03 bits per heavy atom. The van der Waals surface area contributed by atoms with Crippen molar-refractivity contribution in [1.82, 2.24) is 14.8 Å². The number of hydrogen-bond acceptors (Lipinski definition) is 7. The Bertz CT molecular complexity index is 1330. The minimum Gasteiger partial charge on any atom is -0.493 e. The van der Waals surface area contributed by atoms with Gasteiger partial charge in [0.1, 0.15) is 0 Å². The van der Waals surface area contributed by atoms with E-state index < -0.39 is 6.10 Å². The van der Waals surface area contributed by atoms with E-state index in [2.05, 4.69) is 21.6 Å². The van der Waals surface area contributed by atoms with Gasteiger partial charge in [-0.1, -0.05) is 42.1 Å². The minimum atomic E-state index is -0.444. The predicted molar refractivity (Wildman–Crippen MR) is 134 cm³/mol. The number of thioether (sulfide) groups is 1. The van der Waals surface area contributed by atoms with E-state index in [-0.39, 0.29) is 11.7 Å². The lowest BCUT2D eigenvalue weighted by atomic mass is 10.2. The van der Waals surface area contributed by atoms with Crippen LogP contribution in [0.15, 0.2) is 84.0 Å². The van der Waals surface area contributed by atoms with E-state index in [1.165, 1.54) is 11.8 Å². The highest BCUT2D eigenvalue weighted by molar-refractivity contribution is 7.99. The van der Waals surface area contributed by atoms with E-state index in [0.717, 1.165) is 5.69 Å². The van der Waals surface area contributed by atoms with E-state index in [1.54, 1.807) is 31.4 Å². The third-order valence-electron chi connectivity index (χ3n) is 5.04. The Labute approximate surface area is 207 Å². The molecule has 0 saturated carbocycles. The van der Waals surface area contributed by atoms with Crippen molar-refractivity contribution in [2.24, 2.45) is 0 Å². The van der Waals surface area contributed by atoms with Crippen molar-refractivity contribution in [2.45, 2.75) is 18.2 Å². The lowest BCUT2D eigenvalue weighted by molar-refractivity contribution is -0.113. The zero-order valence-corrected chi connectivity index (χ0v) is 20.0. The molecule has 35 heavy (non-hydrogen) atoms. The van der Waals surface area contributed by atoms with Crippen LogP contribution in [0.5, 0.6) is 11.5 Å². The molecular weight excluding hydrogens is 462 g/mol. The van der Waals surface area contributed by atoms with Crippen LogP contribution in [0.4, 0.5) is 5.69 Å². The summed E-state index contributed by atoms with van der Waals surface area (Å²) >= 11 is 1.27. The third-order valence-corrected chi connectivity index (χ3v) is 5.97. The molecule has 3 aromatic carbocycles. The summed E-state index contributed by atoms with van der Waals surface area (Å²) in [7, 11) is 1.59. The molecule has 4 aromatic rings. The molecule has 0 spiro atoms. The maximum absolute atomic E-state index is 12.5. The Hall–Kier alpha value is -4.29. The van der Waals surface area contributed by atoms with Crippen molar-refractivity contribution in [2.75, 3.05) is 18.2 Å². The predicted octanol–water partition coefficient (Wildman–Crippen LogP) is 5.02. The minimum absolute atomic E-state index is 0.132. The van der Waals surface area contributed by atoms with Gasteiger partial charge in [-0.15, -0.1) is 10.2 Å². The van der Waals surface area contributed by atoms with Crippen LogP contribution in [0.2, 0.25) is 0 Å². The summed E-state index contributed by atoms with van der Waals surface area (Å²) in [6.45, 7) is 1.89. The smallest absolute Gasteiger partial charge is 0.234 e. The Kier molecular flexibility index (Phi) is 7.65. The summed E-state index contributed by atoms with van der Waals surface area (Å²) in [6.07, 6.45) is -0.444. The topological polar surface area (TPSA) is 102 Å².